The average Bonchev–Trinajstić information content (AvgIpc) is 2.16. The summed E-state index contributed by atoms with van der Waals surface area (Å²) < 4.78 is 15.4. The molecule has 0 unspecified atom stereocenters. The summed E-state index contributed by atoms with van der Waals surface area (Å²) in [4.78, 5) is 0. The Bertz CT molecular complexity index is 80.9. The van der Waals surface area contributed by atoms with Crippen LogP contribution in [0.3, 0.4) is 0 Å². The minimum atomic E-state index is 0.657. The van der Waals surface area contributed by atoms with E-state index in [2.05, 4.69) is 0 Å². The van der Waals surface area contributed by atoms with Crippen molar-refractivity contribution in [2.24, 2.45) is 0 Å². The summed E-state index contributed by atoms with van der Waals surface area (Å²) in [5.41, 5.74) is 0. The van der Waals surface area contributed by atoms with Crippen LogP contribution in [0.2, 0.25) is 0 Å². The molecule has 0 rings (SSSR count). The van der Waals surface area contributed by atoms with E-state index in [1.165, 1.54) is 0 Å². The van der Waals surface area contributed by atoms with Crippen LogP contribution in [-0.4, -0.2) is 46.0 Å². The Balaban J connectivity index is 2.76. The van der Waals surface area contributed by atoms with Crippen molar-refractivity contribution in [1.29, 1.82) is 0 Å². The third-order valence-electron chi connectivity index (χ3n) is 1.43. The van der Waals surface area contributed by atoms with Crippen molar-refractivity contribution in [3.63, 3.8) is 0 Å². The molecule has 0 radical (unpaired) electrons. The Morgan fingerprint density at radius 1 is 0.846 bits per heavy atom. The van der Waals surface area contributed by atoms with Gasteiger partial charge in [-0.05, 0) is 12.8 Å². The zero-order valence-electron chi connectivity index (χ0n) is 8.26. The van der Waals surface area contributed by atoms with Crippen molar-refractivity contribution in [1.82, 2.24) is 0 Å². The van der Waals surface area contributed by atoms with E-state index in [4.69, 9.17) is 25.8 Å². The first-order chi connectivity index (χ1) is 6.41. The van der Waals surface area contributed by atoms with E-state index >= 15 is 0 Å². The standard InChI is InChI=1S/C9H19ClO3/c1-11-5-3-7-13-9-8-12-6-2-4-10/h2-9H2,1H3. The Hall–Kier alpha value is 0.170. The summed E-state index contributed by atoms with van der Waals surface area (Å²) in [6.07, 6.45) is 1.85. The van der Waals surface area contributed by atoms with Gasteiger partial charge in [0.1, 0.15) is 0 Å². The molecule has 80 valence electrons. The molecule has 0 spiro atoms. The van der Waals surface area contributed by atoms with Gasteiger partial charge in [0.25, 0.3) is 0 Å². The molecular formula is C9H19ClO3. The predicted molar refractivity (Wildman–Crippen MR) is 53.5 cm³/mol. The monoisotopic (exact) mass is 210 g/mol. The fourth-order valence-corrected chi connectivity index (χ4v) is 0.893. The van der Waals surface area contributed by atoms with E-state index in [0.717, 1.165) is 32.7 Å². The Labute approximate surface area is 85.3 Å². The highest BCUT2D eigenvalue weighted by Gasteiger charge is 1.90. The van der Waals surface area contributed by atoms with Gasteiger partial charge in [0.15, 0.2) is 0 Å². The number of methoxy groups -OCH3 is 1. The lowest BCUT2D eigenvalue weighted by atomic mass is 10.5. The summed E-state index contributed by atoms with van der Waals surface area (Å²) in [6, 6.07) is 0. The Morgan fingerprint density at radius 2 is 1.46 bits per heavy atom. The van der Waals surface area contributed by atoms with Gasteiger partial charge >= 0.3 is 0 Å². The first-order valence-corrected chi connectivity index (χ1v) is 5.15. The third-order valence-corrected chi connectivity index (χ3v) is 1.70. The van der Waals surface area contributed by atoms with E-state index in [1.807, 2.05) is 0 Å². The molecule has 13 heavy (non-hydrogen) atoms. The number of rotatable bonds is 10. The van der Waals surface area contributed by atoms with Crippen molar-refractivity contribution in [3.05, 3.63) is 0 Å². The molecule has 4 heteroatoms. The number of hydrogen-bond donors (Lipinski definition) is 0. The van der Waals surface area contributed by atoms with Crippen molar-refractivity contribution in [2.45, 2.75) is 12.8 Å². The molecule has 0 fully saturated rings. The second-order valence-electron chi connectivity index (χ2n) is 2.61. The van der Waals surface area contributed by atoms with Crippen molar-refractivity contribution in [3.8, 4) is 0 Å². The van der Waals surface area contributed by atoms with Gasteiger partial charge in [-0.3, -0.25) is 0 Å². The molecule has 3 nitrogen and oxygen atoms in total. The minimum Gasteiger partial charge on any atom is -0.385 e. The highest BCUT2D eigenvalue weighted by molar-refractivity contribution is 6.17. The van der Waals surface area contributed by atoms with Gasteiger partial charge in [0.05, 0.1) is 13.2 Å². The number of ether oxygens (including phenoxy) is 3. The molecule has 0 aliphatic carbocycles. The van der Waals surface area contributed by atoms with Gasteiger partial charge in [0, 0.05) is 32.8 Å². The molecule has 0 bridgehead atoms. The van der Waals surface area contributed by atoms with Gasteiger partial charge < -0.3 is 14.2 Å². The van der Waals surface area contributed by atoms with Gasteiger partial charge in [-0.15, -0.1) is 11.6 Å². The van der Waals surface area contributed by atoms with Crippen LogP contribution in [0.4, 0.5) is 0 Å². The normalized spacial score (nSPS) is 10.6. The van der Waals surface area contributed by atoms with E-state index in [0.29, 0.717) is 19.1 Å². The largest absolute Gasteiger partial charge is 0.385 e. The third kappa shape index (κ3) is 12.2. The van der Waals surface area contributed by atoms with Gasteiger partial charge in [-0.25, -0.2) is 0 Å². The van der Waals surface area contributed by atoms with Crippen LogP contribution in [0.1, 0.15) is 12.8 Å². The smallest absolute Gasteiger partial charge is 0.0700 e. The van der Waals surface area contributed by atoms with Crippen LogP contribution < -0.4 is 0 Å². The maximum Gasteiger partial charge on any atom is 0.0700 e. The summed E-state index contributed by atoms with van der Waals surface area (Å²) in [5.74, 6) is 0.661. The first kappa shape index (κ1) is 13.2. The topological polar surface area (TPSA) is 27.7 Å². The second kappa shape index (κ2) is 12.2. The van der Waals surface area contributed by atoms with Crippen LogP contribution in [0.15, 0.2) is 0 Å². The summed E-state index contributed by atoms with van der Waals surface area (Å²) in [7, 11) is 1.69. The number of hydrogen-bond acceptors (Lipinski definition) is 3. The quantitative estimate of drug-likeness (QED) is 0.406. The van der Waals surface area contributed by atoms with Gasteiger partial charge in [0.2, 0.25) is 0 Å². The molecular weight excluding hydrogens is 192 g/mol. The lowest BCUT2D eigenvalue weighted by Gasteiger charge is -2.04. The molecule has 0 aliphatic heterocycles. The van der Waals surface area contributed by atoms with Crippen molar-refractivity contribution in [2.75, 3.05) is 46.0 Å². The summed E-state index contributed by atoms with van der Waals surface area (Å²) in [6.45, 7) is 3.54. The fraction of sp³-hybridized carbons (Fsp3) is 1.00. The molecule has 0 amide bonds. The highest BCUT2D eigenvalue weighted by Crippen LogP contribution is 1.87. The molecule has 0 saturated carbocycles. The van der Waals surface area contributed by atoms with Crippen LogP contribution >= 0.6 is 11.6 Å². The maximum atomic E-state index is 5.47. The highest BCUT2D eigenvalue weighted by atomic mass is 35.5. The molecule has 0 aromatic rings. The van der Waals surface area contributed by atoms with Gasteiger partial charge in [-0.2, -0.15) is 0 Å². The second-order valence-corrected chi connectivity index (χ2v) is 2.99. The summed E-state index contributed by atoms with van der Waals surface area (Å²) >= 11 is 5.47. The molecule has 0 heterocycles. The van der Waals surface area contributed by atoms with Crippen LogP contribution in [-0.2, 0) is 14.2 Å². The summed E-state index contributed by atoms with van der Waals surface area (Å²) in [5, 5.41) is 0. The van der Waals surface area contributed by atoms with E-state index in [-0.39, 0.29) is 0 Å². The van der Waals surface area contributed by atoms with Crippen LogP contribution in [0.25, 0.3) is 0 Å². The molecule has 0 aromatic carbocycles. The van der Waals surface area contributed by atoms with Crippen molar-refractivity contribution >= 4 is 11.6 Å². The first-order valence-electron chi connectivity index (χ1n) is 4.62. The zero-order chi connectivity index (χ0) is 9.78. The fourth-order valence-electron chi connectivity index (χ4n) is 0.784. The van der Waals surface area contributed by atoms with Crippen LogP contribution in [0.5, 0.6) is 0 Å². The molecule has 0 N–H and O–H groups in total. The molecule has 0 atom stereocenters. The minimum absolute atomic E-state index is 0.657. The number of alkyl halides is 1. The van der Waals surface area contributed by atoms with E-state index in [1.54, 1.807) is 7.11 Å². The number of halogens is 1. The molecule has 0 aromatic heterocycles. The average molecular weight is 211 g/mol. The zero-order valence-corrected chi connectivity index (χ0v) is 9.02. The molecule has 0 aliphatic rings. The van der Waals surface area contributed by atoms with Crippen molar-refractivity contribution < 1.29 is 14.2 Å². The van der Waals surface area contributed by atoms with E-state index < -0.39 is 0 Å². The van der Waals surface area contributed by atoms with Gasteiger partial charge in [-0.1, -0.05) is 0 Å². The Kier molecular flexibility index (Phi) is 12.3. The predicted octanol–water partition coefficient (Wildman–Crippen LogP) is 1.69. The lowest BCUT2D eigenvalue weighted by molar-refractivity contribution is 0.0403. The Morgan fingerprint density at radius 3 is 2.00 bits per heavy atom. The SMILES string of the molecule is COCCCOCCOCCCCl. The maximum absolute atomic E-state index is 5.47. The van der Waals surface area contributed by atoms with E-state index in [9.17, 15) is 0 Å². The van der Waals surface area contributed by atoms with Crippen LogP contribution in [0, 0.1) is 0 Å². The molecule has 0 saturated heterocycles. The lowest BCUT2D eigenvalue weighted by Crippen LogP contribution is -2.07.